The molecule has 0 saturated heterocycles. The first-order chi connectivity index (χ1) is 14.0. The second-order valence-electron chi connectivity index (χ2n) is 8.77. The van der Waals surface area contributed by atoms with Crippen molar-refractivity contribution in [2.45, 2.75) is 130 Å². The standard InChI is InChI=1S/C24H48N2O3/c1-4-5-6-7-8-9-10-11-12-13-14-15-16-17-18-19-20-25-23(27)22(21(2)3)26-24(28)29/h21-22,26H,4-20H2,1-3H3,(H,25,27)(H,28,29). The second-order valence-corrected chi connectivity index (χ2v) is 8.77. The number of carbonyl (C=O) groups is 2. The van der Waals surface area contributed by atoms with Crippen LogP contribution in [0.4, 0.5) is 4.79 Å². The lowest BCUT2D eigenvalue weighted by Crippen LogP contribution is -2.49. The molecule has 0 aromatic rings. The Morgan fingerprint density at radius 2 is 1.07 bits per heavy atom. The molecule has 0 bridgehead atoms. The van der Waals surface area contributed by atoms with Crippen LogP contribution < -0.4 is 10.6 Å². The van der Waals surface area contributed by atoms with Gasteiger partial charge in [0.2, 0.25) is 5.91 Å². The summed E-state index contributed by atoms with van der Waals surface area (Å²) in [7, 11) is 0. The monoisotopic (exact) mass is 412 g/mol. The molecule has 172 valence electrons. The van der Waals surface area contributed by atoms with E-state index in [1.807, 2.05) is 13.8 Å². The van der Waals surface area contributed by atoms with Crippen molar-refractivity contribution in [1.82, 2.24) is 10.6 Å². The van der Waals surface area contributed by atoms with E-state index < -0.39 is 12.1 Å². The molecule has 0 aliphatic heterocycles. The summed E-state index contributed by atoms with van der Waals surface area (Å²) >= 11 is 0. The van der Waals surface area contributed by atoms with Gasteiger partial charge in [-0.05, 0) is 12.3 Å². The molecular formula is C24H48N2O3. The van der Waals surface area contributed by atoms with Gasteiger partial charge in [0.25, 0.3) is 0 Å². The van der Waals surface area contributed by atoms with Crippen molar-refractivity contribution in [3.05, 3.63) is 0 Å². The second kappa shape index (κ2) is 20.0. The van der Waals surface area contributed by atoms with Crippen molar-refractivity contribution in [1.29, 1.82) is 0 Å². The normalized spacial score (nSPS) is 12.1. The lowest BCUT2D eigenvalue weighted by Gasteiger charge is -2.19. The van der Waals surface area contributed by atoms with Crippen LogP contribution in [-0.2, 0) is 4.79 Å². The van der Waals surface area contributed by atoms with Gasteiger partial charge in [-0.1, -0.05) is 117 Å². The molecule has 1 atom stereocenters. The summed E-state index contributed by atoms with van der Waals surface area (Å²) in [6, 6.07) is -0.673. The molecular weight excluding hydrogens is 364 g/mol. The maximum atomic E-state index is 12.0. The lowest BCUT2D eigenvalue weighted by atomic mass is 10.0. The van der Waals surface area contributed by atoms with E-state index in [0.29, 0.717) is 6.54 Å². The average Bonchev–Trinajstić information content (AvgIpc) is 2.68. The quantitative estimate of drug-likeness (QED) is 0.196. The number of unbranched alkanes of at least 4 members (excludes halogenated alkanes) is 15. The van der Waals surface area contributed by atoms with Gasteiger partial charge < -0.3 is 15.7 Å². The maximum absolute atomic E-state index is 12.0. The summed E-state index contributed by atoms with van der Waals surface area (Å²) in [6.45, 7) is 6.58. The van der Waals surface area contributed by atoms with E-state index in [4.69, 9.17) is 5.11 Å². The molecule has 0 rings (SSSR count). The van der Waals surface area contributed by atoms with E-state index in [1.54, 1.807) is 0 Å². The highest BCUT2D eigenvalue weighted by atomic mass is 16.4. The molecule has 29 heavy (non-hydrogen) atoms. The first-order valence-electron chi connectivity index (χ1n) is 12.3. The van der Waals surface area contributed by atoms with Crippen molar-refractivity contribution >= 4 is 12.0 Å². The van der Waals surface area contributed by atoms with Gasteiger partial charge in [-0.25, -0.2) is 4.79 Å². The SMILES string of the molecule is CCCCCCCCCCCCCCCCCCNC(=O)C(NC(=O)O)C(C)C. The smallest absolute Gasteiger partial charge is 0.405 e. The molecule has 0 aromatic heterocycles. The molecule has 0 aromatic carbocycles. The molecule has 5 nitrogen and oxygen atoms in total. The Labute approximate surface area is 179 Å². The van der Waals surface area contributed by atoms with Gasteiger partial charge in [0.1, 0.15) is 6.04 Å². The highest BCUT2D eigenvalue weighted by molar-refractivity contribution is 5.85. The van der Waals surface area contributed by atoms with E-state index in [-0.39, 0.29) is 11.8 Å². The van der Waals surface area contributed by atoms with Crippen molar-refractivity contribution in [3.8, 4) is 0 Å². The topological polar surface area (TPSA) is 78.4 Å². The minimum Gasteiger partial charge on any atom is -0.465 e. The third-order valence-electron chi connectivity index (χ3n) is 5.56. The number of rotatable bonds is 20. The minimum atomic E-state index is -1.15. The zero-order valence-electron chi connectivity index (χ0n) is 19.4. The summed E-state index contributed by atoms with van der Waals surface area (Å²) in [5.74, 6) is -0.278. The third-order valence-corrected chi connectivity index (χ3v) is 5.56. The fourth-order valence-corrected chi connectivity index (χ4v) is 3.66. The van der Waals surface area contributed by atoms with E-state index in [1.165, 1.54) is 89.9 Å². The molecule has 0 radical (unpaired) electrons. The summed E-state index contributed by atoms with van der Waals surface area (Å²) in [4.78, 5) is 22.8. The van der Waals surface area contributed by atoms with Gasteiger partial charge in [-0.15, -0.1) is 0 Å². The van der Waals surface area contributed by atoms with Crippen LogP contribution in [0, 0.1) is 5.92 Å². The predicted molar refractivity (Wildman–Crippen MR) is 122 cm³/mol. The van der Waals surface area contributed by atoms with E-state index >= 15 is 0 Å². The number of amides is 2. The largest absolute Gasteiger partial charge is 0.465 e. The Hall–Kier alpha value is -1.26. The van der Waals surface area contributed by atoms with Crippen LogP contribution in [0.15, 0.2) is 0 Å². The van der Waals surface area contributed by atoms with Gasteiger partial charge in [0, 0.05) is 6.54 Å². The highest BCUT2D eigenvalue weighted by Gasteiger charge is 2.23. The van der Waals surface area contributed by atoms with Crippen molar-refractivity contribution in [3.63, 3.8) is 0 Å². The van der Waals surface area contributed by atoms with Crippen LogP contribution in [0.3, 0.4) is 0 Å². The molecule has 0 saturated carbocycles. The summed E-state index contributed by atoms with van der Waals surface area (Å²) < 4.78 is 0. The average molecular weight is 413 g/mol. The molecule has 3 N–H and O–H groups in total. The Balaban J connectivity index is 3.37. The summed E-state index contributed by atoms with van der Waals surface area (Å²) in [6.07, 6.45) is 20.1. The minimum absolute atomic E-state index is 0.0584. The van der Waals surface area contributed by atoms with Crippen LogP contribution in [0.2, 0.25) is 0 Å². The van der Waals surface area contributed by atoms with Gasteiger partial charge >= 0.3 is 6.09 Å². The first kappa shape index (κ1) is 27.7. The molecule has 0 fully saturated rings. The zero-order valence-corrected chi connectivity index (χ0v) is 19.4. The van der Waals surface area contributed by atoms with Crippen LogP contribution in [0.25, 0.3) is 0 Å². The molecule has 0 spiro atoms. The van der Waals surface area contributed by atoms with Crippen LogP contribution in [-0.4, -0.2) is 29.7 Å². The fourth-order valence-electron chi connectivity index (χ4n) is 3.66. The highest BCUT2D eigenvalue weighted by Crippen LogP contribution is 2.13. The molecule has 0 aliphatic carbocycles. The number of nitrogens with one attached hydrogen (secondary N) is 2. The molecule has 2 amide bonds. The molecule has 1 unspecified atom stereocenters. The molecule has 0 aliphatic rings. The van der Waals surface area contributed by atoms with E-state index in [9.17, 15) is 9.59 Å². The maximum Gasteiger partial charge on any atom is 0.405 e. The van der Waals surface area contributed by atoms with Crippen LogP contribution in [0.1, 0.15) is 124 Å². The Morgan fingerprint density at radius 1 is 0.690 bits per heavy atom. The Kier molecular flexibility index (Phi) is 19.2. The van der Waals surface area contributed by atoms with Gasteiger partial charge in [0.05, 0.1) is 0 Å². The van der Waals surface area contributed by atoms with Crippen molar-refractivity contribution in [2.75, 3.05) is 6.54 Å². The number of carboxylic acid groups (broad SMARTS) is 1. The van der Waals surface area contributed by atoms with Gasteiger partial charge in [-0.2, -0.15) is 0 Å². The van der Waals surface area contributed by atoms with Crippen molar-refractivity contribution < 1.29 is 14.7 Å². The third kappa shape index (κ3) is 18.5. The van der Waals surface area contributed by atoms with E-state index in [0.717, 1.165) is 12.8 Å². The number of hydrogen-bond acceptors (Lipinski definition) is 2. The zero-order chi connectivity index (χ0) is 21.7. The van der Waals surface area contributed by atoms with Crippen LogP contribution >= 0.6 is 0 Å². The van der Waals surface area contributed by atoms with Gasteiger partial charge in [0.15, 0.2) is 0 Å². The Bertz CT molecular complexity index is 400. The fraction of sp³-hybridized carbons (Fsp3) is 0.917. The summed E-state index contributed by atoms with van der Waals surface area (Å²) in [5.41, 5.74) is 0. The van der Waals surface area contributed by atoms with Gasteiger partial charge in [-0.3, -0.25) is 4.79 Å². The predicted octanol–water partition coefficient (Wildman–Crippen LogP) is 6.66. The van der Waals surface area contributed by atoms with Crippen molar-refractivity contribution in [2.24, 2.45) is 5.92 Å². The number of carbonyl (C=O) groups excluding carboxylic acids is 1. The van der Waals surface area contributed by atoms with Crippen LogP contribution in [0.5, 0.6) is 0 Å². The molecule has 5 heteroatoms. The van der Waals surface area contributed by atoms with E-state index in [2.05, 4.69) is 17.6 Å². The Morgan fingerprint density at radius 3 is 1.41 bits per heavy atom. The summed E-state index contributed by atoms with van der Waals surface area (Å²) in [5, 5.41) is 14.0. The number of hydrogen-bond donors (Lipinski definition) is 3. The molecule has 0 heterocycles. The first-order valence-corrected chi connectivity index (χ1v) is 12.3. The lowest BCUT2D eigenvalue weighted by molar-refractivity contribution is -0.124.